The number of piperidine rings is 1. The van der Waals surface area contributed by atoms with Crippen LogP contribution in [0.3, 0.4) is 0 Å². The lowest BCUT2D eigenvalue weighted by molar-refractivity contribution is -0.126. The third-order valence-corrected chi connectivity index (χ3v) is 7.27. The summed E-state index contributed by atoms with van der Waals surface area (Å²) >= 11 is 0.934. The molecule has 3 heterocycles. The van der Waals surface area contributed by atoms with Gasteiger partial charge >= 0.3 is 0 Å². The Kier molecular flexibility index (Phi) is 8.70. The SMILES string of the molecule is CCN(CC)CCCNC(=O)[C@@H]1CCCN(C(=O)c2nnc(C(=O)Nc3ccc4c(c3)OCO4)s2)C1. The second-order valence-corrected chi connectivity index (χ2v) is 9.67. The Labute approximate surface area is 214 Å². The second-order valence-electron chi connectivity index (χ2n) is 8.70. The van der Waals surface area contributed by atoms with Crippen LogP contribution < -0.4 is 20.1 Å². The van der Waals surface area contributed by atoms with Crippen molar-refractivity contribution in [2.75, 3.05) is 51.4 Å². The van der Waals surface area contributed by atoms with Gasteiger partial charge in [-0.05, 0) is 51.0 Å². The van der Waals surface area contributed by atoms with Crippen LogP contribution in [-0.4, -0.2) is 83.8 Å². The van der Waals surface area contributed by atoms with Crippen molar-refractivity contribution >= 4 is 34.7 Å². The van der Waals surface area contributed by atoms with E-state index in [9.17, 15) is 14.4 Å². The highest BCUT2D eigenvalue weighted by molar-refractivity contribution is 7.15. The Hall–Kier alpha value is -3.25. The van der Waals surface area contributed by atoms with Gasteiger partial charge in [0.2, 0.25) is 22.7 Å². The van der Waals surface area contributed by atoms with Crippen molar-refractivity contribution in [2.24, 2.45) is 5.92 Å². The molecule has 0 unspecified atom stereocenters. The highest BCUT2D eigenvalue weighted by Crippen LogP contribution is 2.34. The Morgan fingerprint density at radius 3 is 2.72 bits per heavy atom. The van der Waals surface area contributed by atoms with Crippen LogP contribution in [0.5, 0.6) is 11.5 Å². The van der Waals surface area contributed by atoms with Gasteiger partial charge in [-0.25, -0.2) is 0 Å². The van der Waals surface area contributed by atoms with Crippen molar-refractivity contribution in [3.8, 4) is 11.5 Å². The molecule has 1 aromatic heterocycles. The van der Waals surface area contributed by atoms with Gasteiger partial charge in [-0.3, -0.25) is 14.4 Å². The number of nitrogens with zero attached hydrogens (tertiary/aromatic N) is 4. The minimum Gasteiger partial charge on any atom is -0.454 e. The largest absolute Gasteiger partial charge is 0.454 e. The standard InChI is InChI=1S/C24H32N6O5S/c1-3-29(4-2)11-6-10-25-20(31)16-7-5-12-30(14-16)24(33)23-28-27-22(36-23)21(32)26-17-8-9-18-19(13-17)35-15-34-18/h8-9,13,16H,3-7,10-12,14-15H2,1-2H3,(H,25,31)(H,26,32)/t16-/m1/s1. The van der Waals surface area contributed by atoms with Crippen molar-refractivity contribution in [1.82, 2.24) is 25.3 Å². The van der Waals surface area contributed by atoms with Crippen LogP contribution in [-0.2, 0) is 4.79 Å². The Balaban J connectivity index is 1.28. The molecule has 1 fully saturated rings. The summed E-state index contributed by atoms with van der Waals surface area (Å²) < 4.78 is 10.6. The van der Waals surface area contributed by atoms with Gasteiger partial charge in [0.05, 0.1) is 5.92 Å². The second kappa shape index (κ2) is 12.1. The molecule has 0 bridgehead atoms. The first-order valence-electron chi connectivity index (χ1n) is 12.3. The number of hydrogen-bond acceptors (Lipinski definition) is 9. The molecular formula is C24H32N6O5S. The molecule has 194 valence electrons. The minimum absolute atomic E-state index is 0.0203. The van der Waals surface area contributed by atoms with Crippen molar-refractivity contribution < 1.29 is 23.9 Å². The number of amides is 3. The number of ether oxygens (including phenoxy) is 2. The summed E-state index contributed by atoms with van der Waals surface area (Å²) in [4.78, 5) is 42.3. The van der Waals surface area contributed by atoms with Crippen molar-refractivity contribution in [3.63, 3.8) is 0 Å². The van der Waals surface area contributed by atoms with E-state index >= 15 is 0 Å². The molecule has 0 spiro atoms. The summed E-state index contributed by atoms with van der Waals surface area (Å²) in [6, 6.07) is 5.07. The number of carbonyl (C=O) groups is 3. The van der Waals surface area contributed by atoms with E-state index in [2.05, 4.69) is 39.6 Å². The van der Waals surface area contributed by atoms with Crippen LogP contribution in [0.1, 0.15) is 52.7 Å². The Bertz CT molecular complexity index is 1090. The maximum absolute atomic E-state index is 13.0. The van der Waals surface area contributed by atoms with E-state index in [0.717, 1.165) is 50.2 Å². The molecular weight excluding hydrogens is 484 g/mol. The predicted molar refractivity (Wildman–Crippen MR) is 134 cm³/mol. The molecule has 1 atom stereocenters. The summed E-state index contributed by atoms with van der Waals surface area (Å²) in [6.07, 6.45) is 2.37. The quantitative estimate of drug-likeness (QED) is 0.461. The lowest BCUT2D eigenvalue weighted by Gasteiger charge is -2.31. The molecule has 2 aliphatic heterocycles. The van der Waals surface area contributed by atoms with Gasteiger partial charge in [0.25, 0.3) is 11.8 Å². The molecule has 0 radical (unpaired) electrons. The minimum atomic E-state index is -0.467. The lowest BCUT2D eigenvalue weighted by atomic mass is 9.97. The van der Waals surface area contributed by atoms with Crippen LogP contribution >= 0.6 is 11.3 Å². The average molecular weight is 517 g/mol. The third kappa shape index (κ3) is 6.30. The highest BCUT2D eigenvalue weighted by Gasteiger charge is 2.31. The smallest absolute Gasteiger partial charge is 0.286 e. The van der Waals surface area contributed by atoms with Gasteiger partial charge in [0.1, 0.15) is 0 Å². The lowest BCUT2D eigenvalue weighted by Crippen LogP contribution is -2.45. The molecule has 2 aliphatic rings. The molecule has 4 rings (SSSR count). The topological polar surface area (TPSA) is 126 Å². The zero-order valence-electron chi connectivity index (χ0n) is 20.6. The van der Waals surface area contributed by atoms with Gasteiger partial charge < -0.3 is 29.9 Å². The van der Waals surface area contributed by atoms with Crippen LogP contribution in [0.2, 0.25) is 0 Å². The fourth-order valence-electron chi connectivity index (χ4n) is 4.27. The molecule has 2 aromatic rings. The molecule has 0 aliphatic carbocycles. The molecule has 11 nitrogen and oxygen atoms in total. The fourth-order valence-corrected chi connectivity index (χ4v) is 4.98. The number of carbonyl (C=O) groups excluding carboxylic acids is 3. The summed E-state index contributed by atoms with van der Waals surface area (Å²) in [5.74, 6) is 0.115. The number of fused-ring (bicyclic) bond motifs is 1. The number of hydrogen-bond donors (Lipinski definition) is 2. The fraction of sp³-hybridized carbons (Fsp3) is 0.542. The predicted octanol–water partition coefficient (Wildman–Crippen LogP) is 2.22. The Morgan fingerprint density at radius 1 is 1.14 bits per heavy atom. The molecule has 12 heteroatoms. The summed E-state index contributed by atoms with van der Waals surface area (Å²) in [6.45, 7) is 8.84. The van der Waals surface area contributed by atoms with E-state index in [4.69, 9.17) is 9.47 Å². The van der Waals surface area contributed by atoms with Crippen LogP contribution in [0.25, 0.3) is 0 Å². The molecule has 1 saturated heterocycles. The van der Waals surface area contributed by atoms with Crippen molar-refractivity contribution in [2.45, 2.75) is 33.1 Å². The van der Waals surface area contributed by atoms with E-state index in [1.165, 1.54) is 0 Å². The summed E-state index contributed by atoms with van der Waals surface area (Å²) in [5, 5.41) is 13.8. The monoisotopic (exact) mass is 516 g/mol. The molecule has 3 amide bonds. The first kappa shape index (κ1) is 25.8. The Morgan fingerprint density at radius 2 is 1.92 bits per heavy atom. The molecule has 1 aromatic carbocycles. The molecule has 36 heavy (non-hydrogen) atoms. The number of likely N-dealkylation sites (tertiary alicyclic amines) is 1. The zero-order valence-corrected chi connectivity index (χ0v) is 21.4. The van der Waals surface area contributed by atoms with Gasteiger partial charge in [0, 0.05) is 31.4 Å². The van der Waals surface area contributed by atoms with Gasteiger partial charge in [0.15, 0.2) is 11.5 Å². The number of aromatic nitrogens is 2. The van der Waals surface area contributed by atoms with Gasteiger partial charge in [-0.15, -0.1) is 10.2 Å². The highest BCUT2D eigenvalue weighted by atomic mass is 32.1. The van der Waals surface area contributed by atoms with Crippen LogP contribution in [0.4, 0.5) is 5.69 Å². The normalized spacial score (nSPS) is 16.8. The number of anilines is 1. The maximum atomic E-state index is 13.0. The van der Waals surface area contributed by atoms with Crippen LogP contribution in [0, 0.1) is 5.92 Å². The first-order chi connectivity index (χ1) is 17.5. The van der Waals surface area contributed by atoms with Crippen molar-refractivity contribution in [1.29, 1.82) is 0 Å². The van der Waals surface area contributed by atoms with E-state index in [-0.39, 0.29) is 34.5 Å². The van der Waals surface area contributed by atoms with Gasteiger partial charge in [-0.2, -0.15) is 0 Å². The maximum Gasteiger partial charge on any atom is 0.286 e. The number of nitrogens with one attached hydrogen (secondary N) is 2. The van der Waals surface area contributed by atoms with Crippen molar-refractivity contribution in [3.05, 3.63) is 28.2 Å². The third-order valence-electron chi connectivity index (χ3n) is 6.36. The number of rotatable bonds is 10. The zero-order chi connectivity index (χ0) is 25.5. The van der Waals surface area contributed by atoms with E-state index in [0.29, 0.717) is 36.8 Å². The van der Waals surface area contributed by atoms with E-state index in [1.54, 1.807) is 23.1 Å². The van der Waals surface area contributed by atoms with E-state index in [1.807, 2.05) is 0 Å². The van der Waals surface area contributed by atoms with Crippen LogP contribution in [0.15, 0.2) is 18.2 Å². The molecule has 2 N–H and O–H groups in total. The number of benzene rings is 1. The summed E-state index contributed by atoms with van der Waals surface area (Å²) in [7, 11) is 0. The summed E-state index contributed by atoms with van der Waals surface area (Å²) in [5.41, 5.74) is 0.523. The average Bonchev–Trinajstić information content (AvgIpc) is 3.58. The van der Waals surface area contributed by atoms with Gasteiger partial charge in [-0.1, -0.05) is 25.2 Å². The molecule has 0 saturated carbocycles. The first-order valence-corrected chi connectivity index (χ1v) is 13.1. The van der Waals surface area contributed by atoms with E-state index < -0.39 is 5.91 Å².